The van der Waals surface area contributed by atoms with Crippen LogP contribution in [0.15, 0.2) is 36.4 Å². The Balaban J connectivity index is 1.44. The van der Waals surface area contributed by atoms with Crippen LogP contribution in [0.25, 0.3) is 10.2 Å². The van der Waals surface area contributed by atoms with Gasteiger partial charge in [0.15, 0.2) is 16.8 Å². The summed E-state index contributed by atoms with van der Waals surface area (Å²) in [5, 5.41) is 9.74. The van der Waals surface area contributed by atoms with E-state index in [1.54, 1.807) is 11.3 Å². The fourth-order valence-corrected chi connectivity index (χ4v) is 3.86. The largest absolute Gasteiger partial charge is 0.361 e. The number of piperazine rings is 1. The monoisotopic (exact) mass is 340 g/mol. The van der Waals surface area contributed by atoms with Gasteiger partial charge in [0.2, 0.25) is 0 Å². The normalized spacial score (nSPS) is 15.1. The molecule has 0 N–H and O–H groups in total. The van der Waals surface area contributed by atoms with Gasteiger partial charge in [0.05, 0.1) is 10.2 Å². The molecule has 0 amide bonds. The van der Waals surface area contributed by atoms with Gasteiger partial charge in [-0.05, 0) is 24.3 Å². The van der Waals surface area contributed by atoms with E-state index < -0.39 is 0 Å². The maximum absolute atomic E-state index is 4.76. The first-order chi connectivity index (χ1) is 11.7. The average Bonchev–Trinajstić information content (AvgIpc) is 3.06. The molecule has 1 saturated heterocycles. The van der Waals surface area contributed by atoms with Crippen LogP contribution >= 0.6 is 11.3 Å². The predicted molar refractivity (Wildman–Crippen MR) is 100 cm³/mol. The minimum absolute atomic E-state index is 0.881. The summed E-state index contributed by atoms with van der Waals surface area (Å²) in [4.78, 5) is 11.4. The number of hydrogen-bond donors (Lipinski definition) is 0. The summed E-state index contributed by atoms with van der Waals surface area (Å²) in [6.45, 7) is 3.78. The molecule has 1 aliphatic heterocycles. The van der Waals surface area contributed by atoms with Crippen molar-refractivity contribution in [3.8, 4) is 0 Å². The van der Waals surface area contributed by atoms with Crippen LogP contribution in [-0.4, -0.2) is 55.5 Å². The lowest BCUT2D eigenvalue weighted by Gasteiger charge is -2.35. The molecule has 1 fully saturated rings. The van der Waals surface area contributed by atoms with Crippen LogP contribution in [0.3, 0.4) is 0 Å². The fraction of sp³-hybridized carbons (Fsp3) is 0.353. The summed E-state index contributed by atoms with van der Waals surface area (Å²) in [6, 6.07) is 12.4. The third kappa shape index (κ3) is 2.87. The molecule has 1 aromatic carbocycles. The summed E-state index contributed by atoms with van der Waals surface area (Å²) >= 11 is 1.77. The molecule has 0 bridgehead atoms. The van der Waals surface area contributed by atoms with Gasteiger partial charge in [0.25, 0.3) is 0 Å². The van der Waals surface area contributed by atoms with Gasteiger partial charge >= 0.3 is 0 Å². The SMILES string of the molecule is CN(C)c1ccc(N2CCN(c3nc4ccccc4s3)CC2)nn1. The minimum Gasteiger partial charge on any atom is -0.361 e. The Bertz CT molecular complexity index is 787. The molecular weight excluding hydrogens is 320 g/mol. The molecule has 24 heavy (non-hydrogen) atoms. The van der Waals surface area contributed by atoms with Crippen LogP contribution in [0.2, 0.25) is 0 Å². The number of anilines is 3. The second-order valence-electron chi connectivity index (χ2n) is 6.08. The topological polar surface area (TPSA) is 48.4 Å². The average molecular weight is 340 g/mol. The molecule has 1 aliphatic rings. The van der Waals surface area contributed by atoms with Crippen LogP contribution in [0.4, 0.5) is 16.8 Å². The number of benzene rings is 1. The molecule has 0 radical (unpaired) electrons. The molecule has 124 valence electrons. The van der Waals surface area contributed by atoms with Crippen molar-refractivity contribution in [1.29, 1.82) is 0 Å². The number of nitrogens with zero attached hydrogens (tertiary/aromatic N) is 6. The Morgan fingerprint density at radius 2 is 1.67 bits per heavy atom. The van der Waals surface area contributed by atoms with Gasteiger partial charge in [-0.2, -0.15) is 0 Å². The maximum atomic E-state index is 4.76. The smallest absolute Gasteiger partial charge is 0.186 e. The highest BCUT2D eigenvalue weighted by molar-refractivity contribution is 7.22. The minimum atomic E-state index is 0.881. The van der Waals surface area contributed by atoms with E-state index in [1.165, 1.54) is 4.70 Å². The number of hydrogen-bond acceptors (Lipinski definition) is 7. The number of aromatic nitrogens is 3. The zero-order valence-corrected chi connectivity index (χ0v) is 14.7. The van der Waals surface area contributed by atoms with Gasteiger partial charge in [-0.15, -0.1) is 10.2 Å². The Kier molecular flexibility index (Phi) is 3.93. The van der Waals surface area contributed by atoms with E-state index in [9.17, 15) is 0 Å². The van der Waals surface area contributed by atoms with Crippen molar-refractivity contribution in [2.45, 2.75) is 0 Å². The summed E-state index contributed by atoms with van der Waals surface area (Å²) in [7, 11) is 3.95. The van der Waals surface area contributed by atoms with Crippen molar-refractivity contribution in [2.24, 2.45) is 0 Å². The Labute approximate surface area is 145 Å². The van der Waals surface area contributed by atoms with Gasteiger partial charge in [-0.25, -0.2) is 4.98 Å². The zero-order valence-electron chi connectivity index (χ0n) is 13.9. The van der Waals surface area contributed by atoms with Gasteiger partial charge in [0, 0.05) is 40.3 Å². The number of fused-ring (bicyclic) bond motifs is 1. The lowest BCUT2D eigenvalue weighted by atomic mass is 10.3. The standard InChI is InChI=1S/C17H20N6S/c1-21(2)15-7-8-16(20-19-15)22-9-11-23(12-10-22)17-18-13-5-3-4-6-14(13)24-17/h3-8H,9-12H2,1-2H3. The first-order valence-corrected chi connectivity index (χ1v) is 8.89. The Hall–Kier alpha value is -2.41. The van der Waals surface area contributed by atoms with Crippen molar-refractivity contribution >= 4 is 38.3 Å². The number of para-hydroxylation sites is 1. The summed E-state index contributed by atoms with van der Waals surface area (Å²) in [5.74, 6) is 1.83. The highest BCUT2D eigenvalue weighted by atomic mass is 32.1. The van der Waals surface area contributed by atoms with E-state index in [-0.39, 0.29) is 0 Å². The molecule has 0 atom stereocenters. The van der Waals surface area contributed by atoms with Crippen molar-refractivity contribution in [2.75, 3.05) is 55.0 Å². The van der Waals surface area contributed by atoms with Crippen molar-refractivity contribution in [1.82, 2.24) is 15.2 Å². The van der Waals surface area contributed by atoms with Crippen molar-refractivity contribution < 1.29 is 0 Å². The van der Waals surface area contributed by atoms with Gasteiger partial charge in [0.1, 0.15) is 0 Å². The third-order valence-electron chi connectivity index (χ3n) is 4.25. The van der Waals surface area contributed by atoms with E-state index in [4.69, 9.17) is 4.98 Å². The second-order valence-corrected chi connectivity index (χ2v) is 7.09. The van der Waals surface area contributed by atoms with Gasteiger partial charge < -0.3 is 14.7 Å². The maximum Gasteiger partial charge on any atom is 0.186 e. The highest BCUT2D eigenvalue weighted by Crippen LogP contribution is 2.29. The molecular formula is C17H20N6S. The molecule has 0 aliphatic carbocycles. The van der Waals surface area contributed by atoms with Crippen LogP contribution < -0.4 is 14.7 Å². The first kappa shape index (κ1) is 15.1. The molecule has 3 aromatic rings. The molecule has 2 aromatic heterocycles. The quantitative estimate of drug-likeness (QED) is 0.730. The van der Waals surface area contributed by atoms with Crippen molar-refractivity contribution in [3.63, 3.8) is 0 Å². The summed E-state index contributed by atoms with van der Waals surface area (Å²) in [5.41, 5.74) is 1.09. The summed E-state index contributed by atoms with van der Waals surface area (Å²) < 4.78 is 1.25. The molecule has 0 unspecified atom stereocenters. The molecule has 0 spiro atoms. The van der Waals surface area contributed by atoms with E-state index in [2.05, 4.69) is 44.3 Å². The lowest BCUT2D eigenvalue weighted by molar-refractivity contribution is 0.642. The fourth-order valence-electron chi connectivity index (χ4n) is 2.85. The van der Waals surface area contributed by atoms with E-state index in [1.807, 2.05) is 31.1 Å². The van der Waals surface area contributed by atoms with E-state index in [0.717, 1.165) is 48.5 Å². The van der Waals surface area contributed by atoms with Crippen LogP contribution in [0.1, 0.15) is 0 Å². The van der Waals surface area contributed by atoms with E-state index in [0.29, 0.717) is 0 Å². The van der Waals surface area contributed by atoms with Crippen molar-refractivity contribution in [3.05, 3.63) is 36.4 Å². The summed E-state index contributed by atoms with van der Waals surface area (Å²) in [6.07, 6.45) is 0. The molecule has 7 heteroatoms. The third-order valence-corrected chi connectivity index (χ3v) is 5.35. The zero-order chi connectivity index (χ0) is 16.5. The highest BCUT2D eigenvalue weighted by Gasteiger charge is 2.21. The van der Waals surface area contributed by atoms with Gasteiger partial charge in [-0.1, -0.05) is 23.5 Å². The first-order valence-electron chi connectivity index (χ1n) is 8.07. The molecule has 3 heterocycles. The Morgan fingerprint density at radius 1 is 0.917 bits per heavy atom. The lowest BCUT2D eigenvalue weighted by Crippen LogP contribution is -2.46. The second kappa shape index (κ2) is 6.24. The van der Waals surface area contributed by atoms with Crippen LogP contribution in [0.5, 0.6) is 0 Å². The molecule has 0 saturated carbocycles. The Morgan fingerprint density at radius 3 is 2.33 bits per heavy atom. The number of thiazole rings is 1. The van der Waals surface area contributed by atoms with E-state index >= 15 is 0 Å². The predicted octanol–water partition coefficient (Wildman–Crippen LogP) is 2.48. The van der Waals surface area contributed by atoms with Crippen LogP contribution in [-0.2, 0) is 0 Å². The number of rotatable bonds is 3. The van der Waals surface area contributed by atoms with Gasteiger partial charge in [-0.3, -0.25) is 0 Å². The molecule has 4 rings (SSSR count). The van der Waals surface area contributed by atoms with Crippen LogP contribution in [0, 0.1) is 0 Å². The molecule has 6 nitrogen and oxygen atoms in total.